The molecule has 0 N–H and O–H groups in total. The maximum Gasteiger partial charge on any atom is 0.119 e. The van der Waals surface area contributed by atoms with Gasteiger partial charge in [0.15, 0.2) is 0 Å². The van der Waals surface area contributed by atoms with Gasteiger partial charge in [-0.1, -0.05) is 157 Å². The summed E-state index contributed by atoms with van der Waals surface area (Å²) < 4.78 is 11.5. The monoisotopic (exact) mass is 759 g/mol. The van der Waals surface area contributed by atoms with Crippen LogP contribution >= 0.6 is 0 Å². The molecule has 2 aliphatic rings. The highest BCUT2D eigenvalue weighted by Gasteiger charge is 2.13. The molecule has 0 saturated heterocycles. The Morgan fingerprint density at radius 3 is 1.18 bits per heavy atom. The molecule has 0 radical (unpaired) electrons. The van der Waals surface area contributed by atoms with Crippen molar-refractivity contribution >= 4 is 0 Å². The highest BCUT2D eigenvalue weighted by atomic mass is 16.5. The molecule has 0 bridgehead atoms. The third-order valence-electron chi connectivity index (χ3n) is 11.1. The second-order valence-electron chi connectivity index (χ2n) is 15.8. The minimum atomic E-state index is 0.791. The zero-order chi connectivity index (χ0) is 39.9. The third-order valence-corrected chi connectivity index (χ3v) is 11.1. The van der Waals surface area contributed by atoms with Crippen LogP contribution in [0.2, 0.25) is 0 Å². The van der Waals surface area contributed by atoms with Crippen molar-refractivity contribution in [1.82, 2.24) is 0 Å². The topological polar surface area (TPSA) is 18.5 Å². The summed E-state index contributed by atoms with van der Waals surface area (Å²) in [6, 6.07) is 33.9. The molecule has 4 aromatic rings. The fourth-order valence-electron chi connectivity index (χ4n) is 7.38. The van der Waals surface area contributed by atoms with Crippen LogP contribution in [0.5, 0.6) is 11.5 Å². The van der Waals surface area contributed by atoms with E-state index in [-0.39, 0.29) is 0 Å². The van der Waals surface area contributed by atoms with Crippen molar-refractivity contribution in [2.75, 3.05) is 13.2 Å². The Morgan fingerprint density at radius 1 is 0.439 bits per heavy atom. The number of allylic oxidation sites excluding steroid dienone is 4. The van der Waals surface area contributed by atoms with Gasteiger partial charge in [-0.25, -0.2) is 0 Å². The van der Waals surface area contributed by atoms with E-state index in [1.165, 1.54) is 91.2 Å². The molecule has 2 atom stereocenters. The highest BCUT2D eigenvalue weighted by Crippen LogP contribution is 2.29. The van der Waals surface area contributed by atoms with Gasteiger partial charge in [-0.05, 0) is 145 Å². The van der Waals surface area contributed by atoms with Gasteiger partial charge >= 0.3 is 0 Å². The first-order chi connectivity index (χ1) is 28.1. The van der Waals surface area contributed by atoms with E-state index in [0.29, 0.717) is 0 Å². The van der Waals surface area contributed by atoms with E-state index in [9.17, 15) is 0 Å². The lowest BCUT2D eigenvalue weighted by atomic mass is 9.86. The van der Waals surface area contributed by atoms with Crippen LogP contribution in [0.1, 0.15) is 135 Å². The van der Waals surface area contributed by atoms with Gasteiger partial charge < -0.3 is 9.47 Å². The van der Waals surface area contributed by atoms with Crippen LogP contribution in [0.3, 0.4) is 0 Å². The Morgan fingerprint density at radius 2 is 0.825 bits per heavy atom. The first kappa shape index (κ1) is 43.2. The van der Waals surface area contributed by atoms with Crippen molar-refractivity contribution in [2.45, 2.75) is 124 Å². The molecule has 0 amide bonds. The van der Waals surface area contributed by atoms with Gasteiger partial charge in [0.1, 0.15) is 11.5 Å². The molecule has 4 aromatic carbocycles. The number of hydrogen-bond acceptors (Lipinski definition) is 2. The summed E-state index contributed by atoms with van der Waals surface area (Å²) in [4.78, 5) is 0. The minimum Gasteiger partial charge on any atom is -0.494 e. The Kier molecular flexibility index (Phi) is 18.7. The fraction of sp³-hybridized carbons (Fsp3) is 0.418. The Hall–Kier alpha value is -4.92. The number of rotatable bonds is 15. The number of hydrogen-bond donors (Lipinski definition) is 0. The first-order valence-corrected chi connectivity index (χ1v) is 22.1. The van der Waals surface area contributed by atoms with E-state index < -0.39 is 0 Å². The second-order valence-corrected chi connectivity index (χ2v) is 15.8. The largest absolute Gasteiger partial charge is 0.494 e. The number of ether oxygens (including phenoxy) is 2. The zero-order valence-electron chi connectivity index (χ0n) is 35.4. The SMILES string of the molecule is CCCCOc1ccc(-c2ccc(C#CC3=CCC(CCC)CC3)cc2)cc1.CCCCOc1ccc(-c2ccc(C#CC3=CCC(CCCC)CC3)cc2)cc1. The van der Waals surface area contributed by atoms with Gasteiger partial charge in [0.05, 0.1) is 13.2 Å². The molecule has 2 heteroatoms. The zero-order valence-corrected chi connectivity index (χ0v) is 35.4. The van der Waals surface area contributed by atoms with Crippen LogP contribution in [0, 0.1) is 35.5 Å². The van der Waals surface area contributed by atoms with Crippen molar-refractivity contribution in [3.63, 3.8) is 0 Å². The smallest absolute Gasteiger partial charge is 0.119 e. The summed E-state index contributed by atoms with van der Waals surface area (Å²) in [5.74, 6) is 17.1. The average molecular weight is 759 g/mol. The maximum atomic E-state index is 5.75. The van der Waals surface area contributed by atoms with E-state index in [1.807, 2.05) is 0 Å². The van der Waals surface area contributed by atoms with Gasteiger partial charge in [0.2, 0.25) is 0 Å². The predicted octanol–water partition coefficient (Wildman–Crippen LogP) is 15.2. The van der Waals surface area contributed by atoms with E-state index in [4.69, 9.17) is 9.47 Å². The molecule has 0 fully saturated rings. The van der Waals surface area contributed by atoms with E-state index in [0.717, 1.165) is 86.2 Å². The number of benzene rings is 4. The standard InChI is InChI=1S/C28H34O.C27H32O/c1-3-5-7-23-8-10-24(11-9-23)12-13-25-14-16-26(17-15-25)27-18-20-28(21-19-27)29-22-6-4-2;1-3-5-21-28-27-19-17-26(18-20-27)25-15-13-24(14-16-25)12-11-23-9-7-22(6-4-2)8-10-23/h10,14-21,23H,3-9,11,22H2,1-2H3;9,13-20,22H,3-8,10,21H2,1-2H3. The molecule has 2 nitrogen and oxygen atoms in total. The molecule has 0 saturated carbocycles. The summed E-state index contributed by atoms with van der Waals surface area (Å²) in [5, 5.41) is 0. The lowest BCUT2D eigenvalue weighted by Crippen LogP contribution is -2.05. The lowest BCUT2D eigenvalue weighted by molar-refractivity contribution is 0.309. The van der Waals surface area contributed by atoms with Crippen LogP contribution in [0.25, 0.3) is 22.3 Å². The predicted molar refractivity (Wildman–Crippen MR) is 244 cm³/mol. The van der Waals surface area contributed by atoms with Gasteiger partial charge in [0.25, 0.3) is 0 Å². The van der Waals surface area contributed by atoms with Gasteiger partial charge in [-0.15, -0.1) is 0 Å². The van der Waals surface area contributed by atoms with E-state index in [1.54, 1.807) is 0 Å². The molecule has 298 valence electrons. The Bertz CT molecular complexity index is 1940. The molecule has 2 aliphatic carbocycles. The van der Waals surface area contributed by atoms with Crippen LogP contribution < -0.4 is 9.47 Å². The van der Waals surface area contributed by atoms with Crippen molar-refractivity contribution in [3.8, 4) is 57.4 Å². The molecule has 0 spiro atoms. The summed E-state index contributed by atoms with van der Waals surface area (Å²) in [6.07, 6.45) is 23.2. The van der Waals surface area contributed by atoms with E-state index in [2.05, 4.69) is 161 Å². The lowest BCUT2D eigenvalue weighted by Gasteiger charge is -2.19. The molecule has 57 heavy (non-hydrogen) atoms. The van der Waals surface area contributed by atoms with Crippen molar-refractivity contribution in [1.29, 1.82) is 0 Å². The average Bonchev–Trinajstić information content (AvgIpc) is 3.26. The molecular weight excluding hydrogens is 693 g/mol. The third kappa shape index (κ3) is 15.2. The normalized spacial score (nSPS) is 16.0. The van der Waals surface area contributed by atoms with E-state index >= 15 is 0 Å². The number of unbranched alkanes of at least 4 members (excludes halogenated alkanes) is 3. The van der Waals surface area contributed by atoms with Crippen molar-refractivity contribution in [2.24, 2.45) is 11.8 Å². The van der Waals surface area contributed by atoms with Crippen molar-refractivity contribution < 1.29 is 9.47 Å². The molecule has 0 aromatic heterocycles. The van der Waals surface area contributed by atoms with Crippen LogP contribution in [0.15, 0.2) is 120 Å². The first-order valence-electron chi connectivity index (χ1n) is 22.1. The molecule has 2 unspecified atom stereocenters. The molecule has 6 rings (SSSR count). The highest BCUT2D eigenvalue weighted by molar-refractivity contribution is 5.66. The molecule has 0 aliphatic heterocycles. The molecule has 0 heterocycles. The second kappa shape index (κ2) is 24.7. The maximum absolute atomic E-state index is 5.75. The summed E-state index contributed by atoms with van der Waals surface area (Å²) in [5.41, 5.74) is 9.65. The quantitative estimate of drug-likeness (QED) is 0.0888. The van der Waals surface area contributed by atoms with Crippen LogP contribution in [-0.2, 0) is 0 Å². The summed E-state index contributed by atoms with van der Waals surface area (Å²) >= 11 is 0. The minimum absolute atomic E-state index is 0.791. The summed E-state index contributed by atoms with van der Waals surface area (Å²) in [6.45, 7) is 10.5. The fourth-order valence-corrected chi connectivity index (χ4v) is 7.38. The van der Waals surface area contributed by atoms with Gasteiger partial charge in [-0.3, -0.25) is 0 Å². The molecular formula is C55H66O2. The van der Waals surface area contributed by atoms with Crippen LogP contribution in [0.4, 0.5) is 0 Å². The summed E-state index contributed by atoms with van der Waals surface area (Å²) in [7, 11) is 0. The van der Waals surface area contributed by atoms with Gasteiger partial charge in [-0.2, -0.15) is 0 Å². The van der Waals surface area contributed by atoms with Gasteiger partial charge in [0, 0.05) is 11.1 Å². The Labute approximate surface area is 346 Å². The Balaban J connectivity index is 0.000000218. The van der Waals surface area contributed by atoms with Crippen LogP contribution in [-0.4, -0.2) is 13.2 Å². The van der Waals surface area contributed by atoms with Crippen molar-refractivity contribution in [3.05, 3.63) is 131 Å².